The summed E-state index contributed by atoms with van der Waals surface area (Å²) in [5, 5.41) is 4.91. The van der Waals surface area contributed by atoms with Crippen LogP contribution in [0.4, 0.5) is 5.69 Å². The van der Waals surface area contributed by atoms with Crippen LogP contribution in [0.15, 0.2) is 23.2 Å². The van der Waals surface area contributed by atoms with Crippen LogP contribution < -0.4 is 5.32 Å². The Morgan fingerprint density at radius 2 is 1.77 bits per heavy atom. The average molecular weight is 481 g/mol. The average Bonchev–Trinajstić information content (AvgIpc) is 2.74. The van der Waals surface area contributed by atoms with E-state index in [9.17, 15) is 4.79 Å². The number of hydrogen-bond acceptors (Lipinski definition) is 3. The van der Waals surface area contributed by atoms with Crippen molar-refractivity contribution in [3.8, 4) is 0 Å². The van der Waals surface area contributed by atoms with Gasteiger partial charge in [-0.1, -0.05) is 60.6 Å². The largest absolute Gasteiger partial charge is 0.342 e. The fourth-order valence-corrected chi connectivity index (χ4v) is 5.04. The lowest BCUT2D eigenvalue weighted by Crippen LogP contribution is -2.40. The number of rotatable bonds is 3. The Balaban J connectivity index is 0.00000243. The van der Waals surface area contributed by atoms with Gasteiger partial charge in [0.05, 0.1) is 6.04 Å². The highest BCUT2D eigenvalue weighted by Crippen LogP contribution is 2.28. The van der Waals surface area contributed by atoms with Gasteiger partial charge in [0.25, 0.3) is 0 Å². The van der Waals surface area contributed by atoms with E-state index in [1.54, 1.807) is 30.0 Å². The van der Waals surface area contributed by atoms with Gasteiger partial charge in [0.2, 0.25) is 5.91 Å². The van der Waals surface area contributed by atoms with Crippen molar-refractivity contribution in [2.75, 3.05) is 18.1 Å². The van der Waals surface area contributed by atoms with Crippen molar-refractivity contribution < 1.29 is 4.79 Å². The number of carbonyl (C=O) groups excluding carboxylic acids is 1. The summed E-state index contributed by atoms with van der Waals surface area (Å²) in [6, 6.07) is 5.23. The van der Waals surface area contributed by atoms with Crippen molar-refractivity contribution in [2.24, 2.45) is 4.99 Å². The summed E-state index contributed by atoms with van der Waals surface area (Å²) in [6.07, 6.45) is 7.48. The minimum Gasteiger partial charge on any atom is -0.342 e. The van der Waals surface area contributed by atoms with E-state index >= 15 is 0 Å². The van der Waals surface area contributed by atoms with Gasteiger partial charge >= 0.3 is 0 Å². The molecule has 0 aromatic heterocycles. The van der Waals surface area contributed by atoms with Crippen molar-refractivity contribution in [1.29, 1.82) is 0 Å². The predicted molar refractivity (Wildman–Crippen MR) is 118 cm³/mol. The Morgan fingerprint density at radius 1 is 1.15 bits per heavy atom. The molecule has 1 aliphatic carbocycles. The molecule has 1 aromatic rings. The van der Waals surface area contributed by atoms with Crippen LogP contribution in [0.1, 0.15) is 38.5 Å². The maximum absolute atomic E-state index is 12.6. The van der Waals surface area contributed by atoms with Crippen molar-refractivity contribution in [3.05, 3.63) is 28.2 Å². The molecule has 1 atom stereocenters. The Labute approximate surface area is 179 Å². The van der Waals surface area contributed by atoms with E-state index in [-0.39, 0.29) is 28.9 Å². The fourth-order valence-electron chi connectivity index (χ4n) is 3.27. The minimum atomic E-state index is -0.229. The summed E-state index contributed by atoms with van der Waals surface area (Å²) in [5.41, 5.74) is 0.620. The number of likely N-dealkylation sites (N-methyl/N-ethyl adjacent to an activating group) is 1. The highest BCUT2D eigenvalue weighted by Gasteiger charge is 2.33. The molecule has 2 fully saturated rings. The van der Waals surface area contributed by atoms with E-state index in [2.05, 4.69) is 5.32 Å². The topological polar surface area (TPSA) is 44.7 Å². The highest BCUT2D eigenvalue weighted by molar-refractivity contribution is 8.93. The molecule has 4 nitrogen and oxygen atoms in total. The van der Waals surface area contributed by atoms with Gasteiger partial charge in [-0.3, -0.25) is 9.79 Å². The van der Waals surface area contributed by atoms with Gasteiger partial charge in [-0.05, 0) is 31.0 Å². The lowest BCUT2D eigenvalue weighted by Gasteiger charge is -2.21. The third-order valence-corrected chi connectivity index (χ3v) is 6.26. The molecule has 1 saturated heterocycles. The lowest BCUT2D eigenvalue weighted by atomic mass is 10.1. The van der Waals surface area contributed by atoms with E-state index in [1.165, 1.54) is 25.7 Å². The molecule has 1 amide bonds. The highest BCUT2D eigenvalue weighted by atomic mass is 79.9. The molecular formula is C18H24BrCl2N3OS. The van der Waals surface area contributed by atoms with Gasteiger partial charge in [-0.15, -0.1) is 17.0 Å². The monoisotopic (exact) mass is 479 g/mol. The summed E-state index contributed by atoms with van der Waals surface area (Å²) < 4.78 is 0. The number of nitrogens with one attached hydrogen (secondary N) is 1. The zero-order chi connectivity index (χ0) is 17.8. The minimum absolute atomic E-state index is 0. The molecule has 1 aliphatic heterocycles. The van der Waals surface area contributed by atoms with Crippen LogP contribution in [0.2, 0.25) is 10.0 Å². The van der Waals surface area contributed by atoms with Gasteiger partial charge in [-0.25, -0.2) is 0 Å². The first-order valence-corrected chi connectivity index (χ1v) is 10.5. The van der Waals surface area contributed by atoms with Crippen LogP contribution in [0.3, 0.4) is 0 Å². The van der Waals surface area contributed by atoms with E-state index in [0.29, 0.717) is 27.5 Å². The quantitative estimate of drug-likeness (QED) is 0.569. The number of aliphatic imine (C=N–C) groups is 1. The summed E-state index contributed by atoms with van der Waals surface area (Å²) in [6.45, 7) is 0. The van der Waals surface area contributed by atoms with Crippen LogP contribution >= 0.6 is 51.9 Å². The molecule has 1 saturated carbocycles. The van der Waals surface area contributed by atoms with Crippen molar-refractivity contribution in [2.45, 2.75) is 50.6 Å². The van der Waals surface area contributed by atoms with Crippen molar-refractivity contribution in [3.63, 3.8) is 0 Å². The molecule has 8 heteroatoms. The van der Waals surface area contributed by atoms with E-state index in [0.717, 1.165) is 18.0 Å². The summed E-state index contributed by atoms with van der Waals surface area (Å²) in [4.78, 5) is 19.6. The number of anilines is 1. The van der Waals surface area contributed by atoms with Crippen LogP contribution in [0, 0.1) is 0 Å². The van der Waals surface area contributed by atoms with Crippen LogP contribution in [-0.2, 0) is 4.79 Å². The molecule has 1 unspecified atom stereocenters. The predicted octanol–water partition coefficient (Wildman–Crippen LogP) is 5.64. The van der Waals surface area contributed by atoms with E-state index in [4.69, 9.17) is 28.2 Å². The molecule has 0 spiro atoms. The molecule has 1 aromatic carbocycles. The fraction of sp³-hybridized carbons (Fsp3) is 0.556. The first-order valence-electron chi connectivity index (χ1n) is 8.73. The first kappa shape index (κ1) is 21.9. The Morgan fingerprint density at radius 3 is 2.38 bits per heavy atom. The number of halogens is 3. The second kappa shape index (κ2) is 10.2. The molecule has 26 heavy (non-hydrogen) atoms. The van der Waals surface area contributed by atoms with E-state index < -0.39 is 0 Å². The van der Waals surface area contributed by atoms with Crippen molar-refractivity contribution >= 4 is 68.7 Å². The number of hydrogen-bond donors (Lipinski definition) is 1. The zero-order valence-electron chi connectivity index (χ0n) is 14.7. The van der Waals surface area contributed by atoms with Crippen LogP contribution in [-0.4, -0.2) is 40.9 Å². The SMILES string of the molecule is Br.CN1C(=NC2CCCCCC2)SCC1C(=O)Nc1cc(Cl)cc(Cl)c1. The molecule has 0 bridgehead atoms. The Kier molecular flexibility index (Phi) is 8.58. The smallest absolute Gasteiger partial charge is 0.248 e. The second-order valence-corrected chi connectivity index (χ2v) is 8.50. The Hall–Kier alpha value is -0.430. The summed E-state index contributed by atoms with van der Waals surface area (Å²) in [5.74, 6) is 0.654. The molecule has 2 aliphatic rings. The molecule has 1 N–H and O–H groups in total. The molecule has 144 valence electrons. The van der Waals surface area contributed by atoms with Crippen LogP contribution in [0.5, 0.6) is 0 Å². The summed E-state index contributed by atoms with van der Waals surface area (Å²) >= 11 is 13.7. The number of benzene rings is 1. The number of thioether (sulfide) groups is 1. The first-order chi connectivity index (χ1) is 12.0. The third-order valence-electron chi connectivity index (χ3n) is 4.69. The summed E-state index contributed by atoms with van der Waals surface area (Å²) in [7, 11) is 1.95. The maximum atomic E-state index is 12.6. The lowest BCUT2D eigenvalue weighted by molar-refractivity contribution is -0.118. The number of amidine groups is 1. The van der Waals surface area contributed by atoms with Gasteiger partial charge < -0.3 is 10.2 Å². The normalized spacial score (nSPS) is 22.8. The van der Waals surface area contributed by atoms with E-state index in [1.807, 2.05) is 11.9 Å². The standard InChI is InChI=1S/C18H23Cl2N3OS.BrH/c1-23-16(17(24)21-15-9-12(19)8-13(20)10-15)11-25-18(23)22-14-6-4-2-3-5-7-14;/h8-10,14,16H,2-7,11H2,1H3,(H,21,24);1H. The molecule has 3 rings (SSSR count). The molecular weight excluding hydrogens is 457 g/mol. The third kappa shape index (κ3) is 5.78. The van der Waals surface area contributed by atoms with Gasteiger partial charge in [0.1, 0.15) is 6.04 Å². The maximum Gasteiger partial charge on any atom is 0.248 e. The number of carbonyl (C=O) groups is 1. The van der Waals surface area contributed by atoms with Gasteiger partial charge in [0.15, 0.2) is 5.17 Å². The van der Waals surface area contributed by atoms with Gasteiger partial charge in [0, 0.05) is 28.5 Å². The molecule has 1 heterocycles. The van der Waals surface area contributed by atoms with Crippen LogP contribution in [0.25, 0.3) is 0 Å². The molecule has 0 radical (unpaired) electrons. The number of amides is 1. The zero-order valence-corrected chi connectivity index (χ0v) is 18.8. The Bertz CT molecular complexity index is 646. The van der Waals surface area contributed by atoms with Gasteiger partial charge in [-0.2, -0.15) is 0 Å². The second-order valence-electron chi connectivity index (χ2n) is 6.64. The number of nitrogens with zero attached hydrogens (tertiary/aromatic N) is 2. The van der Waals surface area contributed by atoms with Crippen molar-refractivity contribution in [1.82, 2.24) is 4.90 Å².